The van der Waals surface area contributed by atoms with Crippen LogP contribution >= 0.6 is 11.8 Å². The third-order valence-corrected chi connectivity index (χ3v) is 4.65. The molecule has 0 saturated heterocycles. The Morgan fingerprint density at radius 3 is 2.46 bits per heavy atom. The van der Waals surface area contributed by atoms with Crippen molar-refractivity contribution in [2.45, 2.75) is 30.7 Å². The maximum Gasteiger partial charge on any atom is 0.277 e. The van der Waals surface area contributed by atoms with Gasteiger partial charge in [-0.2, -0.15) is 0 Å². The van der Waals surface area contributed by atoms with E-state index in [9.17, 15) is 4.79 Å². The van der Waals surface area contributed by atoms with Crippen LogP contribution in [-0.4, -0.2) is 21.2 Å². The standard InChI is InChI=1S/C19H18N2O2S/c1-3-14-9-11-15(12-10-14)17(22)13(2)24-19-21-20-18(23-19)16-7-5-4-6-8-16/h4-13H,3H2,1-2H3/t13-/m1/s1. The normalized spacial score (nSPS) is 12.1. The van der Waals surface area contributed by atoms with Crippen molar-refractivity contribution in [2.75, 3.05) is 0 Å². The largest absolute Gasteiger partial charge is 0.411 e. The topological polar surface area (TPSA) is 56.0 Å². The van der Waals surface area contributed by atoms with Crippen LogP contribution in [0.25, 0.3) is 11.5 Å². The number of aromatic nitrogens is 2. The average molecular weight is 338 g/mol. The molecule has 0 radical (unpaired) electrons. The van der Waals surface area contributed by atoms with E-state index in [0.29, 0.717) is 16.7 Å². The van der Waals surface area contributed by atoms with E-state index in [4.69, 9.17) is 4.42 Å². The summed E-state index contributed by atoms with van der Waals surface area (Å²) in [7, 11) is 0. The summed E-state index contributed by atoms with van der Waals surface area (Å²) in [6, 6.07) is 17.3. The zero-order valence-electron chi connectivity index (χ0n) is 13.6. The highest BCUT2D eigenvalue weighted by Gasteiger charge is 2.20. The van der Waals surface area contributed by atoms with Gasteiger partial charge in [-0.3, -0.25) is 4.79 Å². The van der Waals surface area contributed by atoms with Gasteiger partial charge in [0.1, 0.15) is 0 Å². The molecule has 122 valence electrons. The van der Waals surface area contributed by atoms with Crippen LogP contribution in [-0.2, 0) is 6.42 Å². The number of hydrogen-bond acceptors (Lipinski definition) is 5. The number of ketones is 1. The SMILES string of the molecule is CCc1ccc(C(=O)[C@@H](C)Sc2nnc(-c3ccccc3)o2)cc1. The smallest absolute Gasteiger partial charge is 0.277 e. The first-order valence-corrected chi connectivity index (χ1v) is 8.74. The predicted octanol–water partition coefficient (Wildman–Crippen LogP) is 4.66. The minimum atomic E-state index is -0.290. The Morgan fingerprint density at radius 2 is 1.79 bits per heavy atom. The Morgan fingerprint density at radius 1 is 1.08 bits per heavy atom. The summed E-state index contributed by atoms with van der Waals surface area (Å²) in [5.41, 5.74) is 2.79. The van der Waals surface area contributed by atoms with E-state index in [1.54, 1.807) is 0 Å². The fraction of sp³-hybridized carbons (Fsp3) is 0.211. The maximum atomic E-state index is 12.5. The predicted molar refractivity (Wildman–Crippen MR) is 95.2 cm³/mol. The van der Waals surface area contributed by atoms with Crippen molar-refractivity contribution < 1.29 is 9.21 Å². The summed E-state index contributed by atoms with van der Waals surface area (Å²) in [6.45, 7) is 3.95. The molecular weight excluding hydrogens is 320 g/mol. The van der Waals surface area contributed by atoms with Crippen LogP contribution < -0.4 is 0 Å². The minimum Gasteiger partial charge on any atom is -0.411 e. The molecule has 3 aromatic rings. The number of Topliss-reactive ketones (excluding diaryl/α,β-unsaturated/α-hetero) is 1. The zero-order chi connectivity index (χ0) is 16.9. The fourth-order valence-corrected chi connectivity index (χ4v) is 3.06. The lowest BCUT2D eigenvalue weighted by atomic mass is 10.1. The number of rotatable bonds is 6. The summed E-state index contributed by atoms with van der Waals surface area (Å²) in [6.07, 6.45) is 0.961. The van der Waals surface area contributed by atoms with Crippen molar-refractivity contribution in [1.29, 1.82) is 0 Å². The Balaban J connectivity index is 1.69. The molecule has 1 atom stereocenters. The molecule has 24 heavy (non-hydrogen) atoms. The molecule has 0 bridgehead atoms. The number of thioether (sulfide) groups is 1. The van der Waals surface area contributed by atoms with Crippen LogP contribution in [0.1, 0.15) is 29.8 Å². The summed E-state index contributed by atoms with van der Waals surface area (Å²) in [5.74, 6) is 0.521. The van der Waals surface area contributed by atoms with Crippen molar-refractivity contribution in [1.82, 2.24) is 10.2 Å². The number of benzene rings is 2. The summed E-state index contributed by atoms with van der Waals surface area (Å²) in [4.78, 5) is 12.5. The molecule has 3 rings (SSSR count). The van der Waals surface area contributed by atoms with Crippen molar-refractivity contribution in [2.24, 2.45) is 0 Å². The van der Waals surface area contributed by atoms with Gasteiger partial charge in [-0.1, -0.05) is 61.2 Å². The van der Waals surface area contributed by atoms with Gasteiger partial charge < -0.3 is 4.42 Å². The number of carbonyl (C=O) groups is 1. The van der Waals surface area contributed by atoms with Crippen molar-refractivity contribution in [3.05, 3.63) is 65.7 Å². The van der Waals surface area contributed by atoms with Crippen molar-refractivity contribution in [3.8, 4) is 11.5 Å². The molecule has 0 fully saturated rings. The van der Waals surface area contributed by atoms with Gasteiger partial charge in [0.15, 0.2) is 5.78 Å². The zero-order valence-corrected chi connectivity index (χ0v) is 14.4. The van der Waals surface area contributed by atoms with E-state index < -0.39 is 0 Å². The third kappa shape index (κ3) is 3.74. The van der Waals surface area contributed by atoms with Crippen LogP contribution in [0.5, 0.6) is 0 Å². The molecule has 0 aliphatic carbocycles. The van der Waals surface area contributed by atoms with Gasteiger partial charge in [0.2, 0.25) is 5.89 Å². The molecular formula is C19H18N2O2S. The van der Waals surface area contributed by atoms with E-state index in [1.807, 2.05) is 61.5 Å². The Bertz CT molecular complexity index is 813. The molecule has 0 aliphatic rings. The van der Waals surface area contributed by atoms with Crippen LogP contribution in [0, 0.1) is 0 Å². The number of nitrogens with zero attached hydrogens (tertiary/aromatic N) is 2. The molecule has 1 aromatic heterocycles. The van der Waals surface area contributed by atoms with Crippen molar-refractivity contribution in [3.63, 3.8) is 0 Å². The van der Waals surface area contributed by atoms with E-state index in [2.05, 4.69) is 17.1 Å². The highest BCUT2D eigenvalue weighted by molar-refractivity contribution is 8.00. The minimum absolute atomic E-state index is 0.0575. The van der Waals surface area contributed by atoms with Gasteiger partial charge in [-0.15, -0.1) is 10.2 Å². The Kier molecular flexibility index (Phi) is 5.11. The van der Waals surface area contributed by atoms with Gasteiger partial charge in [-0.25, -0.2) is 0 Å². The van der Waals surface area contributed by atoms with Gasteiger partial charge in [0.05, 0.1) is 5.25 Å². The number of hydrogen-bond donors (Lipinski definition) is 0. The van der Waals surface area contributed by atoms with E-state index in [1.165, 1.54) is 17.3 Å². The molecule has 0 spiro atoms. The average Bonchev–Trinajstić information content (AvgIpc) is 3.10. The van der Waals surface area contributed by atoms with Gasteiger partial charge in [0, 0.05) is 11.1 Å². The van der Waals surface area contributed by atoms with Crippen LogP contribution in [0.15, 0.2) is 64.2 Å². The first-order chi connectivity index (χ1) is 11.7. The number of carbonyl (C=O) groups excluding carboxylic acids is 1. The fourth-order valence-electron chi connectivity index (χ4n) is 2.30. The molecule has 0 amide bonds. The van der Waals surface area contributed by atoms with E-state index in [-0.39, 0.29) is 11.0 Å². The molecule has 0 aliphatic heterocycles. The Labute approximate surface area is 145 Å². The van der Waals surface area contributed by atoms with Gasteiger partial charge >= 0.3 is 0 Å². The lowest BCUT2D eigenvalue weighted by molar-refractivity contribution is 0.0993. The van der Waals surface area contributed by atoms with Crippen LogP contribution in [0.3, 0.4) is 0 Å². The second-order valence-corrected chi connectivity index (χ2v) is 6.71. The van der Waals surface area contributed by atoms with Gasteiger partial charge in [0.25, 0.3) is 5.22 Å². The third-order valence-electron chi connectivity index (χ3n) is 3.72. The highest BCUT2D eigenvalue weighted by Crippen LogP contribution is 2.27. The van der Waals surface area contributed by atoms with Crippen molar-refractivity contribution >= 4 is 17.5 Å². The molecule has 0 saturated carbocycles. The first-order valence-electron chi connectivity index (χ1n) is 7.86. The first kappa shape index (κ1) is 16.5. The van der Waals surface area contributed by atoms with E-state index in [0.717, 1.165) is 12.0 Å². The molecule has 2 aromatic carbocycles. The monoisotopic (exact) mass is 338 g/mol. The molecule has 5 heteroatoms. The van der Waals surface area contributed by atoms with Gasteiger partial charge in [-0.05, 0) is 31.0 Å². The second-order valence-electron chi connectivity index (χ2n) is 5.41. The number of aryl methyl sites for hydroxylation is 1. The molecule has 0 N–H and O–H groups in total. The lowest BCUT2D eigenvalue weighted by Gasteiger charge is -2.08. The molecule has 4 nitrogen and oxygen atoms in total. The second kappa shape index (κ2) is 7.45. The Hall–Kier alpha value is -2.40. The highest BCUT2D eigenvalue weighted by atomic mass is 32.2. The van der Waals surface area contributed by atoms with Crippen LogP contribution in [0.4, 0.5) is 0 Å². The van der Waals surface area contributed by atoms with E-state index >= 15 is 0 Å². The summed E-state index contributed by atoms with van der Waals surface area (Å²) >= 11 is 1.28. The quantitative estimate of drug-likeness (QED) is 0.483. The maximum absolute atomic E-state index is 12.5. The lowest BCUT2D eigenvalue weighted by Crippen LogP contribution is -2.13. The molecule has 1 heterocycles. The molecule has 0 unspecified atom stereocenters. The summed E-state index contributed by atoms with van der Waals surface area (Å²) in [5, 5.41) is 8.19. The van der Waals surface area contributed by atoms with Crippen LogP contribution in [0.2, 0.25) is 0 Å². The summed E-state index contributed by atoms with van der Waals surface area (Å²) < 4.78 is 5.65.